The van der Waals surface area contributed by atoms with Gasteiger partial charge in [-0.25, -0.2) is 0 Å². The average Bonchev–Trinajstić information content (AvgIpc) is 2.50. The summed E-state index contributed by atoms with van der Waals surface area (Å²) >= 11 is 5.89. The van der Waals surface area contributed by atoms with Crippen LogP contribution in [0.4, 0.5) is 5.69 Å². The first-order chi connectivity index (χ1) is 10.2. The lowest BCUT2D eigenvalue weighted by Gasteiger charge is -2.04. The lowest BCUT2D eigenvalue weighted by atomic mass is 10.1. The highest BCUT2D eigenvalue weighted by atomic mass is 35.5. The number of rotatable bonds is 5. The third kappa shape index (κ3) is 4.33. The van der Waals surface area contributed by atoms with Crippen molar-refractivity contribution < 1.29 is 9.94 Å². The molecular formula is C16H15ClN2O2. The van der Waals surface area contributed by atoms with Crippen LogP contribution in [0.15, 0.2) is 58.7 Å². The van der Waals surface area contributed by atoms with Crippen LogP contribution in [-0.4, -0.2) is 23.7 Å². The number of oxime groups is 1. The molecule has 1 N–H and O–H groups in total. The Morgan fingerprint density at radius 2 is 2.00 bits per heavy atom. The molecule has 4 nitrogen and oxygen atoms in total. The molecule has 0 bridgehead atoms. The highest BCUT2D eigenvalue weighted by Gasteiger charge is 2.02. The lowest BCUT2D eigenvalue weighted by molar-refractivity contribution is 0.320. The van der Waals surface area contributed by atoms with Crippen molar-refractivity contribution in [2.75, 3.05) is 6.61 Å². The number of nitrogens with zero attached hydrogens (tertiary/aromatic N) is 2. The zero-order valence-electron chi connectivity index (χ0n) is 11.5. The van der Waals surface area contributed by atoms with E-state index in [1.807, 2.05) is 43.3 Å². The van der Waals surface area contributed by atoms with E-state index < -0.39 is 0 Å². The third-order valence-corrected chi connectivity index (χ3v) is 2.95. The van der Waals surface area contributed by atoms with Gasteiger partial charge in [0.2, 0.25) is 0 Å². The summed E-state index contributed by atoms with van der Waals surface area (Å²) in [6.45, 7) is 2.53. The molecule has 2 aromatic rings. The van der Waals surface area contributed by atoms with E-state index >= 15 is 0 Å². The van der Waals surface area contributed by atoms with E-state index in [1.165, 1.54) is 6.21 Å². The van der Waals surface area contributed by atoms with Crippen molar-refractivity contribution in [2.24, 2.45) is 10.1 Å². The zero-order valence-corrected chi connectivity index (χ0v) is 12.3. The zero-order chi connectivity index (χ0) is 15.1. The maximum absolute atomic E-state index is 9.12. The van der Waals surface area contributed by atoms with E-state index in [-0.39, 0.29) is 0 Å². The fraction of sp³-hybridized carbons (Fsp3) is 0.125. The van der Waals surface area contributed by atoms with Crippen molar-refractivity contribution in [3.8, 4) is 5.75 Å². The van der Waals surface area contributed by atoms with Gasteiger partial charge in [0.25, 0.3) is 0 Å². The Labute approximate surface area is 128 Å². The summed E-state index contributed by atoms with van der Waals surface area (Å²) in [7, 11) is 0. The molecular weight excluding hydrogens is 288 g/mol. The molecule has 0 fully saturated rings. The van der Waals surface area contributed by atoms with Gasteiger partial charge in [0.15, 0.2) is 0 Å². The van der Waals surface area contributed by atoms with Crippen LogP contribution < -0.4 is 4.74 Å². The van der Waals surface area contributed by atoms with E-state index in [0.29, 0.717) is 23.0 Å². The van der Waals surface area contributed by atoms with Crippen LogP contribution in [0.1, 0.15) is 12.5 Å². The van der Waals surface area contributed by atoms with E-state index in [0.717, 1.165) is 11.3 Å². The number of halogens is 1. The molecule has 0 amide bonds. The fourth-order valence-corrected chi connectivity index (χ4v) is 1.92. The molecule has 0 spiro atoms. The Balaban J connectivity index is 2.16. The van der Waals surface area contributed by atoms with Gasteiger partial charge < -0.3 is 9.94 Å². The predicted molar refractivity (Wildman–Crippen MR) is 85.5 cm³/mol. The summed E-state index contributed by atoms with van der Waals surface area (Å²) in [5.41, 5.74) is 1.79. The Morgan fingerprint density at radius 3 is 2.62 bits per heavy atom. The first-order valence-corrected chi connectivity index (χ1v) is 6.85. The van der Waals surface area contributed by atoms with Gasteiger partial charge in [-0.2, -0.15) is 0 Å². The highest BCUT2D eigenvalue weighted by Crippen LogP contribution is 2.18. The molecule has 0 aliphatic rings. The summed E-state index contributed by atoms with van der Waals surface area (Å²) in [5.74, 6) is 0.769. The van der Waals surface area contributed by atoms with Gasteiger partial charge in [0.05, 0.1) is 18.5 Å². The van der Waals surface area contributed by atoms with Crippen molar-refractivity contribution >= 4 is 29.2 Å². The molecule has 2 rings (SSSR count). The summed E-state index contributed by atoms with van der Waals surface area (Å²) in [4.78, 5) is 4.24. The van der Waals surface area contributed by atoms with Gasteiger partial charge in [-0.1, -0.05) is 22.8 Å². The molecule has 0 radical (unpaired) electrons. The molecule has 0 aliphatic carbocycles. The van der Waals surface area contributed by atoms with Crippen LogP contribution >= 0.6 is 11.6 Å². The van der Waals surface area contributed by atoms with Gasteiger partial charge in [-0.3, -0.25) is 4.99 Å². The normalized spacial score (nSPS) is 11.8. The maximum Gasteiger partial charge on any atom is 0.128 e. The first kappa shape index (κ1) is 15.1. The van der Waals surface area contributed by atoms with Crippen LogP contribution in [0.25, 0.3) is 0 Å². The Hall–Kier alpha value is -2.33. The molecule has 0 heterocycles. The van der Waals surface area contributed by atoms with Gasteiger partial charge in [-0.05, 0) is 49.4 Å². The van der Waals surface area contributed by atoms with Crippen LogP contribution in [0, 0.1) is 0 Å². The van der Waals surface area contributed by atoms with Crippen LogP contribution in [0.2, 0.25) is 5.02 Å². The summed E-state index contributed by atoms with van der Waals surface area (Å²) in [6.07, 6.45) is 1.49. The number of ether oxygens (including phenoxy) is 1. The second-order valence-electron chi connectivity index (χ2n) is 4.18. The van der Waals surface area contributed by atoms with Gasteiger partial charge >= 0.3 is 0 Å². The number of aliphatic imine (C=N–C) groups is 1. The topological polar surface area (TPSA) is 54.2 Å². The van der Waals surface area contributed by atoms with Gasteiger partial charge in [0.1, 0.15) is 11.5 Å². The number of hydrogen-bond donors (Lipinski definition) is 1. The van der Waals surface area contributed by atoms with Crippen LogP contribution in [0.5, 0.6) is 5.75 Å². The first-order valence-electron chi connectivity index (χ1n) is 6.48. The summed E-state index contributed by atoms with van der Waals surface area (Å²) in [5, 5.41) is 13.0. The standard InChI is InChI=1S/C16H15ClN2O2/c1-2-21-15-8-6-12(7-9-15)16(19-20)11-18-14-5-3-4-13(17)10-14/h3-11,20H,2H2,1H3. The smallest absolute Gasteiger partial charge is 0.128 e. The summed E-state index contributed by atoms with van der Waals surface area (Å²) < 4.78 is 5.37. The van der Waals surface area contributed by atoms with Crippen LogP contribution in [-0.2, 0) is 0 Å². The second kappa shape index (κ2) is 7.45. The second-order valence-corrected chi connectivity index (χ2v) is 4.62. The minimum Gasteiger partial charge on any atom is -0.494 e. The van der Waals surface area contributed by atoms with E-state index in [2.05, 4.69) is 10.1 Å². The van der Waals surface area contributed by atoms with Crippen molar-refractivity contribution in [1.82, 2.24) is 0 Å². The van der Waals surface area contributed by atoms with Gasteiger partial charge in [0, 0.05) is 10.6 Å². The Morgan fingerprint density at radius 1 is 1.24 bits per heavy atom. The summed E-state index contributed by atoms with van der Waals surface area (Å²) in [6, 6.07) is 14.4. The molecule has 0 unspecified atom stereocenters. The average molecular weight is 303 g/mol. The van der Waals surface area contributed by atoms with Crippen molar-refractivity contribution in [3.05, 3.63) is 59.1 Å². The van der Waals surface area contributed by atoms with E-state index in [9.17, 15) is 0 Å². The van der Waals surface area contributed by atoms with Crippen molar-refractivity contribution in [1.29, 1.82) is 0 Å². The molecule has 0 aromatic heterocycles. The van der Waals surface area contributed by atoms with Crippen molar-refractivity contribution in [3.63, 3.8) is 0 Å². The monoisotopic (exact) mass is 302 g/mol. The van der Waals surface area contributed by atoms with Crippen LogP contribution in [0.3, 0.4) is 0 Å². The molecule has 0 saturated carbocycles. The predicted octanol–water partition coefficient (Wildman–Crippen LogP) is 4.32. The highest BCUT2D eigenvalue weighted by molar-refractivity contribution is 6.38. The molecule has 108 valence electrons. The Bertz CT molecular complexity index is 652. The molecule has 0 saturated heterocycles. The Kier molecular flexibility index (Phi) is 5.35. The molecule has 2 aromatic carbocycles. The van der Waals surface area contributed by atoms with Crippen molar-refractivity contribution in [2.45, 2.75) is 6.92 Å². The third-order valence-electron chi connectivity index (χ3n) is 2.71. The fourth-order valence-electron chi connectivity index (χ4n) is 1.74. The minimum atomic E-state index is 0.359. The molecule has 0 aliphatic heterocycles. The molecule has 0 atom stereocenters. The number of hydrogen-bond acceptors (Lipinski definition) is 4. The largest absolute Gasteiger partial charge is 0.494 e. The van der Waals surface area contributed by atoms with E-state index in [1.54, 1.807) is 12.1 Å². The SMILES string of the molecule is CCOc1ccc(C(C=Nc2cccc(Cl)c2)=NO)cc1. The maximum atomic E-state index is 9.12. The minimum absolute atomic E-state index is 0.359. The molecule has 21 heavy (non-hydrogen) atoms. The number of benzene rings is 2. The molecule has 5 heteroatoms. The van der Waals surface area contributed by atoms with E-state index in [4.69, 9.17) is 21.5 Å². The van der Waals surface area contributed by atoms with Gasteiger partial charge in [-0.15, -0.1) is 0 Å². The lowest BCUT2D eigenvalue weighted by Crippen LogP contribution is -2.02. The quantitative estimate of drug-likeness (QED) is 0.508.